The van der Waals surface area contributed by atoms with Crippen molar-refractivity contribution in [1.29, 1.82) is 0 Å². The molecule has 0 saturated carbocycles. The molecule has 0 amide bonds. The molecule has 51 heavy (non-hydrogen) atoms. The van der Waals surface area contributed by atoms with E-state index in [-0.39, 0.29) is 16.6 Å². The summed E-state index contributed by atoms with van der Waals surface area (Å²) in [5.41, 5.74) is 5.84. The average Bonchev–Trinajstić information content (AvgIpc) is 3.59. The van der Waals surface area contributed by atoms with Crippen molar-refractivity contribution in [3.8, 4) is 11.5 Å². The first-order valence-corrected chi connectivity index (χ1v) is 17.8. The van der Waals surface area contributed by atoms with E-state index in [9.17, 15) is 13.2 Å². The summed E-state index contributed by atoms with van der Waals surface area (Å²) in [7, 11) is 2.01. The molecular formula is C42H38F3N5Pt-2. The Morgan fingerprint density at radius 1 is 0.725 bits per heavy atom. The number of aryl methyl sites for hydroxylation is 1. The van der Waals surface area contributed by atoms with Crippen LogP contribution in [-0.2, 0) is 43.4 Å². The number of hydrogen-bond acceptors (Lipinski definition) is 2. The zero-order valence-corrected chi connectivity index (χ0v) is 31.8. The van der Waals surface area contributed by atoms with Crippen molar-refractivity contribution in [3.05, 3.63) is 136 Å². The Hall–Kier alpha value is -4.68. The Bertz CT molecular complexity index is 2460. The first kappa shape index (κ1) is 34.8. The third kappa shape index (κ3) is 6.29. The second-order valence-electron chi connectivity index (χ2n) is 14.8. The predicted octanol–water partition coefficient (Wildman–Crippen LogP) is 11.1. The van der Waals surface area contributed by atoms with Gasteiger partial charge in [0.15, 0.2) is 0 Å². The zero-order valence-electron chi connectivity index (χ0n) is 29.5. The molecule has 264 valence electrons. The zero-order chi connectivity index (χ0) is 36.5. The van der Waals surface area contributed by atoms with Crippen molar-refractivity contribution >= 4 is 38.9 Å². The second kappa shape index (κ2) is 12.5. The summed E-state index contributed by atoms with van der Waals surface area (Å²) in [5.74, 6) is 0.171. The Morgan fingerprint density at radius 3 is 2.04 bits per heavy atom. The number of hydrogen-bond donors (Lipinski definition) is 0. The number of benzene rings is 4. The molecule has 3 aromatic heterocycles. The maximum atomic E-state index is 14.0. The summed E-state index contributed by atoms with van der Waals surface area (Å²) in [6, 6.07) is 33.9. The average molecular weight is 865 g/mol. The van der Waals surface area contributed by atoms with Gasteiger partial charge in [-0.3, -0.25) is 0 Å². The van der Waals surface area contributed by atoms with Gasteiger partial charge in [0.1, 0.15) is 0 Å². The Kier molecular flexibility index (Phi) is 8.53. The molecule has 7 aromatic rings. The fourth-order valence-electron chi connectivity index (χ4n) is 6.67. The number of anilines is 3. The molecule has 3 heterocycles. The number of fused-ring (bicyclic) bond motifs is 3. The van der Waals surface area contributed by atoms with E-state index < -0.39 is 11.7 Å². The normalized spacial score (nSPS) is 12.6. The van der Waals surface area contributed by atoms with Gasteiger partial charge in [0, 0.05) is 6.20 Å². The standard InChI is InChI=1S/C42H38F3N5.Pt/c1-40(2,3)34-15-11-16-35(41(4,5)6)39(34)49(30-13-10-12-29(25-30)48-23-22-47(7)27-48)31-18-19-33-32-14-8-9-17-36(32)50(37(33)26-31)38-24-28(20-21-46-38)42(43,44)45;/h8-24H,1-7H3;/q-2;. The van der Waals surface area contributed by atoms with Crippen LogP contribution in [0.15, 0.2) is 104 Å². The van der Waals surface area contributed by atoms with Gasteiger partial charge in [-0.25, -0.2) is 0 Å². The van der Waals surface area contributed by atoms with Crippen LogP contribution in [-0.4, -0.2) is 18.7 Å². The second-order valence-corrected chi connectivity index (χ2v) is 15.9. The van der Waals surface area contributed by atoms with E-state index in [4.69, 9.17) is 0 Å². The summed E-state index contributed by atoms with van der Waals surface area (Å²) in [6.45, 7) is 13.3. The number of rotatable bonds is 5. The third-order valence-corrected chi connectivity index (χ3v) is 10.5. The third-order valence-electron chi connectivity index (χ3n) is 9.14. The molecule has 0 radical (unpaired) electrons. The fraction of sp³-hybridized carbons (Fsp3) is 0.238. The fourth-order valence-corrected chi connectivity index (χ4v) is 7.28. The van der Waals surface area contributed by atoms with Crippen LogP contribution in [0.5, 0.6) is 0 Å². The van der Waals surface area contributed by atoms with Crippen molar-refractivity contribution in [2.45, 2.75) is 58.5 Å². The molecule has 0 spiro atoms. The van der Waals surface area contributed by atoms with Crippen LogP contribution >= 0.6 is 0 Å². The Balaban J connectivity index is 1.58. The van der Waals surface area contributed by atoms with Gasteiger partial charge in [-0.05, 0) is 6.07 Å². The Morgan fingerprint density at radius 2 is 1.39 bits per heavy atom. The number of alkyl halides is 3. The van der Waals surface area contributed by atoms with Crippen molar-refractivity contribution in [3.63, 3.8) is 0 Å². The molecule has 0 unspecified atom stereocenters. The quantitative estimate of drug-likeness (QED) is 0.161. The van der Waals surface area contributed by atoms with E-state index in [0.717, 1.165) is 66.1 Å². The van der Waals surface area contributed by atoms with Crippen LogP contribution in [0.2, 0.25) is 0 Å². The van der Waals surface area contributed by atoms with Crippen molar-refractivity contribution in [1.82, 2.24) is 18.7 Å². The van der Waals surface area contributed by atoms with Crippen LogP contribution in [0.3, 0.4) is 0 Å². The van der Waals surface area contributed by atoms with Gasteiger partial charge in [-0.1, -0.05) is 12.1 Å². The molecule has 0 aliphatic carbocycles. The van der Waals surface area contributed by atoms with Crippen LogP contribution < -0.4 is 4.90 Å². The van der Waals surface area contributed by atoms with Crippen LogP contribution in [0.4, 0.5) is 30.2 Å². The molecule has 0 N–H and O–H groups in total. The molecule has 5 nitrogen and oxygen atoms in total. The van der Waals surface area contributed by atoms with E-state index in [2.05, 4.69) is 110 Å². The van der Waals surface area contributed by atoms with E-state index in [0.29, 0.717) is 5.52 Å². The number of imidazole rings is 1. The van der Waals surface area contributed by atoms with Crippen molar-refractivity contribution in [2.24, 2.45) is 7.05 Å². The van der Waals surface area contributed by atoms with E-state index in [1.807, 2.05) is 74.0 Å². The molecule has 0 aliphatic rings. The molecule has 0 atom stereocenters. The summed E-state index contributed by atoms with van der Waals surface area (Å²) >= 11 is 2.31. The van der Waals surface area contributed by atoms with Crippen molar-refractivity contribution in [2.75, 3.05) is 4.90 Å². The maximum absolute atomic E-state index is 14.0. The Labute approximate surface area is 307 Å². The number of aromatic nitrogens is 4. The molecule has 7 rings (SSSR count). The molecule has 9 heteroatoms. The van der Waals surface area contributed by atoms with E-state index >= 15 is 0 Å². The van der Waals surface area contributed by atoms with Gasteiger partial charge in [-0.15, -0.1) is 0 Å². The van der Waals surface area contributed by atoms with Gasteiger partial charge in [0.2, 0.25) is 0 Å². The number of nitrogens with zero attached hydrogens (tertiary/aromatic N) is 5. The molecule has 4 aromatic carbocycles. The van der Waals surface area contributed by atoms with Gasteiger partial charge >= 0.3 is 265 Å². The summed E-state index contributed by atoms with van der Waals surface area (Å²) in [5, 5.41) is 1.76. The van der Waals surface area contributed by atoms with Crippen LogP contribution in [0.25, 0.3) is 33.3 Å². The monoisotopic (exact) mass is 864 g/mol. The molecule has 0 aliphatic heterocycles. The van der Waals surface area contributed by atoms with Crippen LogP contribution in [0, 0.1) is 15.9 Å². The van der Waals surface area contributed by atoms with Gasteiger partial charge in [-0.2, -0.15) is 13.2 Å². The molecular weight excluding hydrogens is 827 g/mol. The van der Waals surface area contributed by atoms with Gasteiger partial charge < -0.3 is 0 Å². The van der Waals surface area contributed by atoms with E-state index in [1.54, 1.807) is 4.57 Å². The van der Waals surface area contributed by atoms with Gasteiger partial charge in [0.05, 0.1) is 5.56 Å². The minimum atomic E-state index is -4.52. The summed E-state index contributed by atoms with van der Waals surface area (Å²) in [4.78, 5) is 6.66. The number of para-hydroxylation sites is 2. The number of pyridine rings is 1. The first-order valence-electron chi connectivity index (χ1n) is 16.7. The first-order chi connectivity index (χ1) is 24.0. The number of halogens is 3. The molecule has 0 bridgehead atoms. The minimum absolute atomic E-state index is 0.171. The topological polar surface area (TPSA) is 30.9 Å². The predicted molar refractivity (Wildman–Crippen MR) is 195 cm³/mol. The van der Waals surface area contributed by atoms with Crippen LogP contribution in [0.1, 0.15) is 58.2 Å². The summed E-state index contributed by atoms with van der Waals surface area (Å²) < 4.78 is 48.9. The van der Waals surface area contributed by atoms with Crippen molar-refractivity contribution < 1.29 is 32.5 Å². The molecule has 0 saturated heterocycles. The summed E-state index contributed by atoms with van der Waals surface area (Å²) in [6.07, 6.45) is 0.727. The van der Waals surface area contributed by atoms with E-state index in [1.165, 1.54) is 6.20 Å². The molecule has 0 fully saturated rings. The van der Waals surface area contributed by atoms with Gasteiger partial charge in [0.25, 0.3) is 0 Å². The SMILES string of the molecule is Cn1ccn(-c2[c-]c(N(c3[c-]c4c(cc3)c3ccccc3n4-c3cc(C(F)(F)F)ccn3)c3c(C(C)(C)C)cccc3C(C)(C)C)ccc2)[c]1=[Pt].